The van der Waals surface area contributed by atoms with Gasteiger partial charge in [0.25, 0.3) is 0 Å². The molecule has 0 amide bonds. The normalized spacial score (nSPS) is 0. The quantitative estimate of drug-likeness (QED) is 0.514. The number of hydrogen-bond acceptors (Lipinski definition) is 0. The Hall–Kier alpha value is 1.39. The van der Waals surface area contributed by atoms with Gasteiger partial charge in [0.1, 0.15) is 0 Å². The zero-order valence-electron chi connectivity index (χ0n) is 2.08. The molecular formula is O3SbW. The number of rotatable bonds is 0. The van der Waals surface area contributed by atoms with Crippen LogP contribution in [-0.2, 0) is 37.5 Å². The Kier molecular flexibility index (Phi) is 1040. The Morgan fingerprint density at radius 2 is 0.600 bits per heavy atom. The minimum atomic E-state index is 0. The zero-order valence-corrected chi connectivity index (χ0v) is 7.57. The predicted molar refractivity (Wildman–Crippen MR) is 7.81 cm³/mol. The maximum absolute atomic E-state index is 0. The van der Waals surface area contributed by atoms with E-state index in [1.165, 1.54) is 0 Å². The summed E-state index contributed by atoms with van der Waals surface area (Å²) in [6.45, 7) is 0. The van der Waals surface area contributed by atoms with Gasteiger partial charge in [0.05, 0.1) is 0 Å². The van der Waals surface area contributed by atoms with Crippen LogP contribution in [0.5, 0.6) is 0 Å². The van der Waals surface area contributed by atoms with E-state index in [1.54, 1.807) is 0 Å². The van der Waals surface area contributed by atoms with Crippen LogP contribution in [0.25, 0.3) is 0 Å². The van der Waals surface area contributed by atoms with Gasteiger partial charge in [-0.25, -0.2) is 0 Å². The molecule has 0 heterocycles. The third-order valence-electron chi connectivity index (χ3n) is 0. The molecule has 5 heteroatoms. The molecule has 0 aliphatic carbocycles. The van der Waals surface area contributed by atoms with Crippen LogP contribution in [0.15, 0.2) is 0 Å². The molecule has 0 saturated heterocycles. The molecule has 0 aromatic carbocycles. The van der Waals surface area contributed by atoms with Gasteiger partial charge in [0.15, 0.2) is 0 Å². The minimum absolute atomic E-state index is 0. The summed E-state index contributed by atoms with van der Waals surface area (Å²) >= 11 is 0. The second-order valence-electron chi connectivity index (χ2n) is 0. The monoisotopic (exact) mass is 353 g/mol. The summed E-state index contributed by atoms with van der Waals surface area (Å²) in [5.41, 5.74) is 0. The van der Waals surface area contributed by atoms with E-state index in [0.29, 0.717) is 0 Å². The van der Waals surface area contributed by atoms with Crippen molar-refractivity contribution in [1.82, 2.24) is 0 Å². The van der Waals surface area contributed by atoms with E-state index in [0.717, 1.165) is 0 Å². The summed E-state index contributed by atoms with van der Waals surface area (Å²) in [4.78, 5) is 0. The Morgan fingerprint density at radius 3 is 0.600 bits per heavy atom. The number of hydrogen-bond donors (Lipinski definition) is 0. The maximum atomic E-state index is 0. The van der Waals surface area contributed by atoms with Gasteiger partial charge in [0, 0.05) is 24.4 Å². The molecule has 29 valence electrons. The molecular weight excluding hydrogens is 354 g/mol. The van der Waals surface area contributed by atoms with E-state index in [4.69, 9.17) is 0 Å². The molecule has 0 unspecified atom stereocenters. The van der Waals surface area contributed by atoms with Crippen molar-refractivity contribution < 1.29 is 37.5 Å². The van der Waals surface area contributed by atoms with Crippen molar-refractivity contribution in [2.75, 3.05) is 0 Å². The van der Waals surface area contributed by atoms with Crippen molar-refractivity contribution in [2.45, 2.75) is 0 Å². The van der Waals surface area contributed by atoms with Gasteiger partial charge in [0.2, 0.25) is 0 Å². The van der Waals surface area contributed by atoms with Crippen molar-refractivity contribution in [1.29, 1.82) is 0 Å². The van der Waals surface area contributed by atoms with Crippen molar-refractivity contribution >= 4 is 24.4 Å². The third kappa shape index (κ3) is 32.1. The molecule has 3 nitrogen and oxygen atoms in total. The molecule has 0 aromatic heterocycles. The second kappa shape index (κ2) is 53.9. The largest absolute Gasteiger partial charge is 6.00 e. The van der Waals surface area contributed by atoms with Gasteiger partial charge in [-0.15, -0.1) is 0 Å². The fourth-order valence-electron chi connectivity index (χ4n) is 0. The van der Waals surface area contributed by atoms with E-state index in [1.807, 2.05) is 0 Å². The SMILES string of the molecule is [O-2].[O-2].[O-2].[Sb].[W+6]. The predicted octanol–water partition coefficient (Wildman–Crippen LogP) is -0.740. The van der Waals surface area contributed by atoms with Gasteiger partial charge >= 0.3 is 21.1 Å². The van der Waals surface area contributed by atoms with Crippen molar-refractivity contribution in [3.05, 3.63) is 0 Å². The molecule has 0 aliphatic heterocycles. The van der Waals surface area contributed by atoms with Crippen LogP contribution >= 0.6 is 0 Å². The standard InChI is InChI=1S/3O.Sb.W/q3*-2;;+6. The molecule has 0 rings (SSSR count). The van der Waals surface area contributed by atoms with Gasteiger partial charge in [-0.3, -0.25) is 0 Å². The third-order valence-corrected chi connectivity index (χ3v) is 0. The maximum Gasteiger partial charge on any atom is 6.00 e. The van der Waals surface area contributed by atoms with E-state index in [9.17, 15) is 0 Å². The van der Waals surface area contributed by atoms with Crippen LogP contribution in [-0.4, -0.2) is 24.4 Å². The van der Waals surface area contributed by atoms with E-state index in [2.05, 4.69) is 0 Å². The fourth-order valence-corrected chi connectivity index (χ4v) is 0. The van der Waals surface area contributed by atoms with Crippen molar-refractivity contribution in [3.8, 4) is 0 Å². The van der Waals surface area contributed by atoms with Crippen LogP contribution < -0.4 is 0 Å². The van der Waals surface area contributed by atoms with Crippen LogP contribution in [0, 0.1) is 0 Å². The zero-order chi connectivity index (χ0) is 0. The summed E-state index contributed by atoms with van der Waals surface area (Å²) in [5, 5.41) is 0. The van der Waals surface area contributed by atoms with Crippen LogP contribution in [0.4, 0.5) is 0 Å². The fraction of sp³-hybridized carbons (Fsp3) is 0. The summed E-state index contributed by atoms with van der Waals surface area (Å²) in [7, 11) is 0. The Balaban J connectivity index is 0. The van der Waals surface area contributed by atoms with Gasteiger partial charge in [-0.2, -0.15) is 0 Å². The van der Waals surface area contributed by atoms with E-state index in [-0.39, 0.29) is 61.9 Å². The van der Waals surface area contributed by atoms with Crippen LogP contribution in [0.3, 0.4) is 0 Å². The summed E-state index contributed by atoms with van der Waals surface area (Å²) in [5.74, 6) is 0. The van der Waals surface area contributed by atoms with Crippen LogP contribution in [0.2, 0.25) is 0 Å². The summed E-state index contributed by atoms with van der Waals surface area (Å²) in [6.07, 6.45) is 0. The smallest absolute Gasteiger partial charge is 2.00 e. The first-order valence-electron chi connectivity index (χ1n) is 0. The average molecular weight is 354 g/mol. The molecule has 0 aliphatic rings. The van der Waals surface area contributed by atoms with E-state index >= 15 is 0 Å². The molecule has 5 heavy (non-hydrogen) atoms. The summed E-state index contributed by atoms with van der Waals surface area (Å²) < 4.78 is 0. The Bertz CT molecular complexity index is 6.85. The first-order valence-corrected chi connectivity index (χ1v) is 0. The molecule has 0 atom stereocenters. The summed E-state index contributed by atoms with van der Waals surface area (Å²) in [6, 6.07) is 0. The van der Waals surface area contributed by atoms with Crippen molar-refractivity contribution in [3.63, 3.8) is 0 Å². The average Bonchev–Trinajstić information content (AvgIpc) is 0. The molecule has 0 aromatic rings. The topological polar surface area (TPSA) is 85.5 Å². The van der Waals surface area contributed by atoms with E-state index < -0.39 is 0 Å². The van der Waals surface area contributed by atoms with Crippen molar-refractivity contribution in [2.24, 2.45) is 0 Å². The second-order valence-corrected chi connectivity index (χ2v) is 0. The first-order chi connectivity index (χ1) is 0. The Labute approximate surface area is 61.8 Å². The molecule has 0 spiro atoms. The molecule has 0 bridgehead atoms. The first kappa shape index (κ1) is 96.4. The molecule has 0 saturated carbocycles. The molecule has 0 N–H and O–H groups in total. The van der Waals surface area contributed by atoms with Gasteiger partial charge < -0.3 is 16.4 Å². The van der Waals surface area contributed by atoms with Crippen LogP contribution in [0.1, 0.15) is 0 Å². The molecule has 0 fully saturated rings. The molecule has 3 radical (unpaired) electrons. The Morgan fingerprint density at radius 1 is 0.600 bits per heavy atom. The van der Waals surface area contributed by atoms with Gasteiger partial charge in [-0.05, 0) is 0 Å². The minimum Gasteiger partial charge on any atom is -2.00 e. The van der Waals surface area contributed by atoms with Gasteiger partial charge in [-0.1, -0.05) is 0 Å².